The van der Waals surface area contributed by atoms with Crippen LogP contribution in [-0.2, 0) is 6.54 Å². The second-order valence-electron chi connectivity index (χ2n) is 5.00. The van der Waals surface area contributed by atoms with Crippen molar-refractivity contribution in [1.82, 2.24) is 15.6 Å². The molecule has 0 saturated carbocycles. The molecule has 1 aliphatic rings. The van der Waals surface area contributed by atoms with E-state index in [9.17, 15) is 9.59 Å². The van der Waals surface area contributed by atoms with Crippen molar-refractivity contribution in [1.29, 1.82) is 0 Å². The van der Waals surface area contributed by atoms with Crippen LogP contribution in [0.5, 0.6) is 0 Å². The minimum atomic E-state index is -0.148. The van der Waals surface area contributed by atoms with Gasteiger partial charge in [0.1, 0.15) is 5.01 Å². The zero-order valence-corrected chi connectivity index (χ0v) is 12.9. The Morgan fingerprint density at radius 3 is 2.77 bits per heavy atom. The van der Waals surface area contributed by atoms with Gasteiger partial charge in [-0.25, -0.2) is 9.78 Å². The fourth-order valence-corrected chi connectivity index (χ4v) is 2.96. The third-order valence-electron chi connectivity index (χ3n) is 3.36. The van der Waals surface area contributed by atoms with Crippen LogP contribution in [0.15, 0.2) is 29.6 Å². The first kappa shape index (κ1) is 14.5. The molecule has 114 valence electrons. The normalized spacial score (nSPS) is 14.0. The van der Waals surface area contributed by atoms with E-state index < -0.39 is 0 Å². The Balaban J connectivity index is 1.62. The number of urea groups is 1. The van der Waals surface area contributed by atoms with E-state index in [1.54, 1.807) is 29.2 Å². The Bertz CT molecular complexity index is 696. The molecular weight excluding hydrogens is 300 g/mol. The Morgan fingerprint density at radius 1 is 1.41 bits per heavy atom. The van der Waals surface area contributed by atoms with E-state index in [0.717, 1.165) is 16.4 Å². The Labute approximate surface area is 132 Å². The standard InChI is InChI=1S/C15H16N4O2S/c1-10-9-22-13(18-10)8-17-14(20)11-2-4-12(5-3-11)19-7-6-16-15(19)21/h2-5,9H,6-8H2,1H3,(H,16,21)(H,17,20). The molecule has 0 atom stereocenters. The highest BCUT2D eigenvalue weighted by atomic mass is 32.1. The summed E-state index contributed by atoms with van der Waals surface area (Å²) in [6.07, 6.45) is 0. The Morgan fingerprint density at radius 2 is 2.18 bits per heavy atom. The lowest BCUT2D eigenvalue weighted by Gasteiger charge is -2.14. The number of hydrogen-bond donors (Lipinski definition) is 2. The number of aryl methyl sites for hydroxylation is 1. The Hall–Kier alpha value is -2.41. The molecule has 22 heavy (non-hydrogen) atoms. The zero-order chi connectivity index (χ0) is 15.5. The maximum Gasteiger partial charge on any atom is 0.321 e. The minimum absolute atomic E-state index is 0.101. The van der Waals surface area contributed by atoms with E-state index in [0.29, 0.717) is 25.2 Å². The van der Waals surface area contributed by atoms with Gasteiger partial charge < -0.3 is 10.6 Å². The molecule has 1 aromatic carbocycles. The van der Waals surface area contributed by atoms with Crippen molar-refractivity contribution in [2.45, 2.75) is 13.5 Å². The van der Waals surface area contributed by atoms with Crippen molar-refractivity contribution in [3.8, 4) is 0 Å². The molecule has 2 N–H and O–H groups in total. The van der Waals surface area contributed by atoms with Crippen LogP contribution >= 0.6 is 11.3 Å². The lowest BCUT2D eigenvalue weighted by atomic mass is 10.2. The first-order valence-corrected chi connectivity index (χ1v) is 7.86. The third-order valence-corrected chi connectivity index (χ3v) is 4.33. The van der Waals surface area contributed by atoms with E-state index in [2.05, 4.69) is 15.6 Å². The topological polar surface area (TPSA) is 74.3 Å². The number of benzene rings is 1. The molecule has 1 fully saturated rings. The summed E-state index contributed by atoms with van der Waals surface area (Å²) < 4.78 is 0. The number of hydrogen-bond acceptors (Lipinski definition) is 4. The number of nitrogens with one attached hydrogen (secondary N) is 2. The third kappa shape index (κ3) is 3.09. The Kier molecular flexibility index (Phi) is 4.06. The molecule has 0 aliphatic carbocycles. The predicted molar refractivity (Wildman–Crippen MR) is 85.2 cm³/mol. The molecular formula is C15H16N4O2S. The van der Waals surface area contributed by atoms with E-state index in [4.69, 9.17) is 0 Å². The fraction of sp³-hybridized carbons (Fsp3) is 0.267. The summed E-state index contributed by atoms with van der Waals surface area (Å²) >= 11 is 1.53. The summed E-state index contributed by atoms with van der Waals surface area (Å²) in [5.41, 5.74) is 2.32. The first-order chi connectivity index (χ1) is 10.6. The highest BCUT2D eigenvalue weighted by Crippen LogP contribution is 2.17. The summed E-state index contributed by atoms with van der Waals surface area (Å²) in [6, 6.07) is 6.92. The first-order valence-electron chi connectivity index (χ1n) is 6.98. The van der Waals surface area contributed by atoms with E-state index in [1.165, 1.54) is 11.3 Å². The molecule has 0 unspecified atom stereocenters. The van der Waals surface area contributed by atoms with Crippen molar-refractivity contribution in [3.63, 3.8) is 0 Å². The quantitative estimate of drug-likeness (QED) is 0.905. The lowest BCUT2D eigenvalue weighted by Crippen LogP contribution is -2.27. The molecule has 2 heterocycles. The summed E-state index contributed by atoms with van der Waals surface area (Å²) in [4.78, 5) is 29.6. The largest absolute Gasteiger partial charge is 0.346 e. The zero-order valence-electron chi connectivity index (χ0n) is 12.1. The molecule has 1 saturated heterocycles. The smallest absolute Gasteiger partial charge is 0.321 e. The summed E-state index contributed by atoms with van der Waals surface area (Å²) in [6.45, 7) is 3.64. The van der Waals surface area contributed by atoms with Crippen molar-refractivity contribution in [3.05, 3.63) is 45.9 Å². The number of rotatable bonds is 4. The number of anilines is 1. The van der Waals surface area contributed by atoms with Gasteiger partial charge in [0, 0.05) is 35.4 Å². The van der Waals surface area contributed by atoms with E-state index in [-0.39, 0.29) is 11.9 Å². The highest BCUT2D eigenvalue weighted by Gasteiger charge is 2.21. The molecule has 3 rings (SSSR count). The average Bonchev–Trinajstić information content (AvgIpc) is 3.13. The van der Waals surface area contributed by atoms with Crippen LogP contribution in [0.2, 0.25) is 0 Å². The lowest BCUT2D eigenvalue weighted by molar-refractivity contribution is 0.0951. The van der Waals surface area contributed by atoms with Crippen molar-refractivity contribution in [2.75, 3.05) is 18.0 Å². The van der Waals surface area contributed by atoms with Crippen molar-refractivity contribution < 1.29 is 9.59 Å². The second kappa shape index (κ2) is 6.15. The monoisotopic (exact) mass is 316 g/mol. The molecule has 3 amide bonds. The minimum Gasteiger partial charge on any atom is -0.346 e. The van der Waals surface area contributed by atoms with Crippen LogP contribution in [0.3, 0.4) is 0 Å². The van der Waals surface area contributed by atoms with Gasteiger partial charge in [0.15, 0.2) is 0 Å². The van der Waals surface area contributed by atoms with Crippen LogP contribution < -0.4 is 15.5 Å². The van der Waals surface area contributed by atoms with Gasteiger partial charge in [0.25, 0.3) is 5.91 Å². The van der Waals surface area contributed by atoms with Gasteiger partial charge in [-0.1, -0.05) is 0 Å². The average molecular weight is 316 g/mol. The maximum absolute atomic E-state index is 12.1. The van der Waals surface area contributed by atoms with Crippen molar-refractivity contribution >= 4 is 29.0 Å². The van der Waals surface area contributed by atoms with Crippen LogP contribution in [0.25, 0.3) is 0 Å². The van der Waals surface area contributed by atoms with E-state index >= 15 is 0 Å². The van der Waals surface area contributed by atoms with Crippen LogP contribution in [0.4, 0.5) is 10.5 Å². The highest BCUT2D eigenvalue weighted by molar-refractivity contribution is 7.09. The maximum atomic E-state index is 12.1. The van der Waals surface area contributed by atoms with Crippen molar-refractivity contribution in [2.24, 2.45) is 0 Å². The van der Waals surface area contributed by atoms with Crippen LogP contribution in [0, 0.1) is 6.92 Å². The van der Waals surface area contributed by atoms with Gasteiger partial charge in [-0.05, 0) is 31.2 Å². The number of aromatic nitrogens is 1. The molecule has 1 aromatic heterocycles. The molecule has 1 aliphatic heterocycles. The number of thiazole rings is 1. The molecule has 0 radical (unpaired) electrons. The summed E-state index contributed by atoms with van der Waals surface area (Å²) in [7, 11) is 0. The number of amides is 3. The molecule has 6 nitrogen and oxygen atoms in total. The summed E-state index contributed by atoms with van der Waals surface area (Å²) in [5, 5.41) is 8.43. The van der Waals surface area contributed by atoms with Crippen LogP contribution in [0.1, 0.15) is 21.1 Å². The van der Waals surface area contributed by atoms with Gasteiger partial charge in [-0.15, -0.1) is 11.3 Å². The van der Waals surface area contributed by atoms with Gasteiger partial charge in [0.05, 0.1) is 6.54 Å². The SMILES string of the molecule is Cc1csc(CNC(=O)c2ccc(N3CCNC3=O)cc2)n1. The van der Waals surface area contributed by atoms with Crippen LogP contribution in [-0.4, -0.2) is 30.0 Å². The molecule has 0 spiro atoms. The number of carbonyl (C=O) groups is 2. The number of carbonyl (C=O) groups excluding carboxylic acids is 2. The van der Waals surface area contributed by atoms with Gasteiger partial charge in [-0.2, -0.15) is 0 Å². The van der Waals surface area contributed by atoms with Gasteiger partial charge in [0.2, 0.25) is 0 Å². The van der Waals surface area contributed by atoms with E-state index in [1.807, 2.05) is 12.3 Å². The second-order valence-corrected chi connectivity index (χ2v) is 5.94. The van der Waals surface area contributed by atoms with Gasteiger partial charge in [-0.3, -0.25) is 9.69 Å². The molecule has 0 bridgehead atoms. The number of nitrogens with zero attached hydrogens (tertiary/aromatic N) is 2. The predicted octanol–water partition coefficient (Wildman–Crippen LogP) is 1.91. The fourth-order valence-electron chi connectivity index (χ4n) is 2.25. The summed E-state index contributed by atoms with van der Waals surface area (Å²) in [5.74, 6) is -0.148. The molecule has 2 aromatic rings. The molecule has 7 heteroatoms. The van der Waals surface area contributed by atoms with Gasteiger partial charge >= 0.3 is 6.03 Å².